The lowest BCUT2D eigenvalue weighted by atomic mass is 10.1. The van der Waals surface area contributed by atoms with Gasteiger partial charge in [0.15, 0.2) is 5.78 Å². The summed E-state index contributed by atoms with van der Waals surface area (Å²) in [6.45, 7) is 1.61. The molecule has 0 amide bonds. The Balaban J connectivity index is 2.04. The molecule has 19 heavy (non-hydrogen) atoms. The van der Waals surface area contributed by atoms with E-state index in [1.54, 1.807) is 36.4 Å². The first-order valence-corrected chi connectivity index (χ1v) is 6.12. The van der Waals surface area contributed by atoms with Crippen molar-refractivity contribution < 1.29 is 13.9 Å². The van der Waals surface area contributed by atoms with E-state index in [0.29, 0.717) is 21.9 Å². The van der Waals surface area contributed by atoms with Crippen LogP contribution in [0.3, 0.4) is 0 Å². The van der Waals surface area contributed by atoms with Crippen LogP contribution in [0.1, 0.15) is 22.8 Å². The highest BCUT2D eigenvalue weighted by atomic mass is 35.5. The summed E-state index contributed by atoms with van der Waals surface area (Å²) in [5.41, 5.74) is 1.05. The average molecular weight is 279 g/mol. The monoisotopic (exact) mass is 278 g/mol. The first-order valence-electron chi connectivity index (χ1n) is 5.74. The molecule has 0 aliphatic heterocycles. The maximum atomic E-state index is 13.5. The van der Waals surface area contributed by atoms with Crippen LogP contribution in [0.4, 0.5) is 4.39 Å². The summed E-state index contributed by atoms with van der Waals surface area (Å²) >= 11 is 5.67. The summed E-state index contributed by atoms with van der Waals surface area (Å²) in [4.78, 5) is 11.1. The topological polar surface area (TPSA) is 26.3 Å². The van der Waals surface area contributed by atoms with E-state index in [1.807, 2.05) is 0 Å². The molecule has 4 heteroatoms. The van der Waals surface area contributed by atoms with Crippen LogP contribution in [0.25, 0.3) is 0 Å². The number of hydrogen-bond donors (Lipinski definition) is 0. The van der Waals surface area contributed by atoms with Crippen LogP contribution in [0, 0.1) is 5.82 Å². The van der Waals surface area contributed by atoms with Gasteiger partial charge in [0.05, 0.1) is 0 Å². The van der Waals surface area contributed by atoms with Gasteiger partial charge in [-0.25, -0.2) is 4.39 Å². The predicted octanol–water partition coefficient (Wildman–Crippen LogP) is 4.26. The zero-order valence-corrected chi connectivity index (χ0v) is 11.1. The SMILES string of the molecule is CC(=O)c1ccc(OCc2ccc(Cl)cc2F)cc1. The van der Waals surface area contributed by atoms with E-state index < -0.39 is 5.82 Å². The molecule has 2 aromatic rings. The maximum Gasteiger partial charge on any atom is 0.159 e. The van der Waals surface area contributed by atoms with Crippen molar-refractivity contribution in [3.05, 3.63) is 64.4 Å². The molecule has 0 atom stereocenters. The number of hydrogen-bond acceptors (Lipinski definition) is 2. The number of ketones is 1. The fraction of sp³-hybridized carbons (Fsp3) is 0.133. The molecule has 2 rings (SSSR count). The Morgan fingerprint density at radius 2 is 1.89 bits per heavy atom. The first-order chi connectivity index (χ1) is 9.06. The third-order valence-corrected chi connectivity index (χ3v) is 2.91. The highest BCUT2D eigenvalue weighted by molar-refractivity contribution is 6.30. The second kappa shape index (κ2) is 5.85. The van der Waals surface area contributed by atoms with Gasteiger partial charge in [0, 0.05) is 16.1 Å². The van der Waals surface area contributed by atoms with Crippen molar-refractivity contribution in [3.63, 3.8) is 0 Å². The Morgan fingerprint density at radius 1 is 1.21 bits per heavy atom. The van der Waals surface area contributed by atoms with Gasteiger partial charge in [-0.3, -0.25) is 4.79 Å². The van der Waals surface area contributed by atoms with Gasteiger partial charge in [0.2, 0.25) is 0 Å². The molecule has 0 aliphatic rings. The van der Waals surface area contributed by atoms with Crippen LogP contribution in [0.2, 0.25) is 5.02 Å². The van der Waals surface area contributed by atoms with E-state index in [2.05, 4.69) is 0 Å². The van der Waals surface area contributed by atoms with Gasteiger partial charge in [0.1, 0.15) is 18.2 Å². The van der Waals surface area contributed by atoms with E-state index in [9.17, 15) is 9.18 Å². The fourth-order valence-electron chi connectivity index (χ4n) is 1.59. The number of benzene rings is 2. The van der Waals surface area contributed by atoms with Crippen LogP contribution >= 0.6 is 11.6 Å². The third kappa shape index (κ3) is 3.55. The lowest BCUT2D eigenvalue weighted by molar-refractivity contribution is 0.101. The molecule has 0 unspecified atom stereocenters. The van der Waals surface area contributed by atoms with Gasteiger partial charge in [-0.1, -0.05) is 17.7 Å². The third-order valence-electron chi connectivity index (χ3n) is 2.67. The Morgan fingerprint density at radius 3 is 2.47 bits per heavy atom. The number of halogens is 2. The van der Waals surface area contributed by atoms with Crippen molar-refractivity contribution in [1.82, 2.24) is 0 Å². The highest BCUT2D eigenvalue weighted by Gasteiger charge is 2.04. The summed E-state index contributed by atoms with van der Waals surface area (Å²) in [5, 5.41) is 0.354. The van der Waals surface area contributed by atoms with E-state index in [0.717, 1.165) is 0 Å². The molecular weight excluding hydrogens is 267 g/mol. The normalized spacial score (nSPS) is 10.3. The summed E-state index contributed by atoms with van der Waals surface area (Å²) in [7, 11) is 0. The molecule has 0 N–H and O–H groups in total. The van der Waals surface area contributed by atoms with Crippen LogP contribution in [0.5, 0.6) is 5.75 Å². The molecular formula is C15H12ClFO2. The van der Waals surface area contributed by atoms with Crippen molar-refractivity contribution in [3.8, 4) is 5.75 Å². The van der Waals surface area contributed by atoms with Crippen LogP contribution in [-0.2, 0) is 6.61 Å². The molecule has 0 saturated heterocycles. The second-order valence-electron chi connectivity index (χ2n) is 4.10. The Hall–Kier alpha value is -1.87. The fourth-order valence-corrected chi connectivity index (χ4v) is 1.74. The smallest absolute Gasteiger partial charge is 0.159 e. The van der Waals surface area contributed by atoms with E-state index in [1.165, 1.54) is 13.0 Å². The van der Waals surface area contributed by atoms with Crippen LogP contribution in [-0.4, -0.2) is 5.78 Å². The zero-order chi connectivity index (χ0) is 13.8. The van der Waals surface area contributed by atoms with Crippen molar-refractivity contribution in [2.45, 2.75) is 13.5 Å². The Labute approximate surface area is 115 Å². The number of carbonyl (C=O) groups excluding carboxylic acids is 1. The average Bonchev–Trinajstić information content (AvgIpc) is 2.38. The number of ether oxygens (including phenoxy) is 1. The lowest BCUT2D eigenvalue weighted by Crippen LogP contribution is -1.99. The van der Waals surface area contributed by atoms with Gasteiger partial charge >= 0.3 is 0 Å². The minimum atomic E-state index is -0.396. The molecule has 98 valence electrons. The largest absolute Gasteiger partial charge is 0.489 e. The second-order valence-corrected chi connectivity index (χ2v) is 4.54. The summed E-state index contributed by atoms with van der Waals surface area (Å²) in [6, 6.07) is 11.2. The van der Waals surface area contributed by atoms with Gasteiger partial charge < -0.3 is 4.74 Å². The standard InChI is InChI=1S/C15H12ClFO2/c1-10(18)11-3-6-14(7-4-11)19-9-12-2-5-13(16)8-15(12)17/h2-8H,9H2,1H3. The first kappa shape index (κ1) is 13.6. The molecule has 0 aliphatic carbocycles. The van der Waals surface area contributed by atoms with Crippen LogP contribution in [0.15, 0.2) is 42.5 Å². The Kier molecular flexibility index (Phi) is 4.17. The summed E-state index contributed by atoms with van der Waals surface area (Å²) in [5.74, 6) is 0.183. The van der Waals surface area contributed by atoms with Gasteiger partial charge in [0.25, 0.3) is 0 Å². The molecule has 0 radical (unpaired) electrons. The van der Waals surface area contributed by atoms with Gasteiger partial charge in [-0.15, -0.1) is 0 Å². The van der Waals surface area contributed by atoms with Crippen molar-refractivity contribution >= 4 is 17.4 Å². The molecule has 2 aromatic carbocycles. The van der Waals surface area contributed by atoms with Gasteiger partial charge in [-0.2, -0.15) is 0 Å². The molecule has 0 aromatic heterocycles. The predicted molar refractivity (Wildman–Crippen MR) is 72.2 cm³/mol. The molecule has 0 heterocycles. The minimum Gasteiger partial charge on any atom is -0.489 e. The molecule has 0 saturated carbocycles. The quantitative estimate of drug-likeness (QED) is 0.781. The summed E-state index contributed by atoms with van der Waals surface area (Å²) in [6.07, 6.45) is 0. The summed E-state index contributed by atoms with van der Waals surface area (Å²) < 4.78 is 19.0. The maximum absolute atomic E-state index is 13.5. The minimum absolute atomic E-state index is 0.00436. The highest BCUT2D eigenvalue weighted by Crippen LogP contribution is 2.18. The van der Waals surface area contributed by atoms with E-state index in [4.69, 9.17) is 16.3 Å². The van der Waals surface area contributed by atoms with Crippen molar-refractivity contribution in [2.24, 2.45) is 0 Å². The molecule has 0 fully saturated rings. The van der Waals surface area contributed by atoms with E-state index in [-0.39, 0.29) is 12.4 Å². The molecule has 0 spiro atoms. The Bertz CT molecular complexity index is 594. The molecule has 0 bridgehead atoms. The molecule has 2 nitrogen and oxygen atoms in total. The number of Topliss-reactive ketones (excluding diaryl/α,β-unsaturated/α-hetero) is 1. The van der Waals surface area contributed by atoms with Gasteiger partial charge in [-0.05, 0) is 43.3 Å². The van der Waals surface area contributed by atoms with Crippen molar-refractivity contribution in [1.29, 1.82) is 0 Å². The number of rotatable bonds is 4. The van der Waals surface area contributed by atoms with E-state index >= 15 is 0 Å². The lowest BCUT2D eigenvalue weighted by Gasteiger charge is -2.07. The zero-order valence-electron chi connectivity index (χ0n) is 10.3. The van der Waals surface area contributed by atoms with Crippen LogP contribution < -0.4 is 4.74 Å². The van der Waals surface area contributed by atoms with Crippen molar-refractivity contribution in [2.75, 3.05) is 0 Å². The number of carbonyl (C=O) groups is 1.